The fourth-order valence-corrected chi connectivity index (χ4v) is 3.03. The number of imidazole rings is 1. The summed E-state index contributed by atoms with van der Waals surface area (Å²) in [6.45, 7) is 1.81. The van der Waals surface area contributed by atoms with Crippen LogP contribution in [0.2, 0.25) is 0 Å². The number of amides is 1. The van der Waals surface area contributed by atoms with Crippen LogP contribution in [-0.4, -0.2) is 25.3 Å². The van der Waals surface area contributed by atoms with E-state index >= 15 is 0 Å². The van der Waals surface area contributed by atoms with Crippen molar-refractivity contribution in [1.82, 2.24) is 19.4 Å². The van der Waals surface area contributed by atoms with Crippen molar-refractivity contribution in [3.63, 3.8) is 0 Å². The summed E-state index contributed by atoms with van der Waals surface area (Å²) < 4.78 is 42.1. The second-order valence-electron chi connectivity index (χ2n) is 6.52. The fraction of sp³-hybridized carbons (Fsp3) is 0.100. The minimum absolute atomic E-state index is 0.00806. The van der Waals surface area contributed by atoms with Crippen LogP contribution < -0.4 is 11.1 Å². The first kappa shape index (κ1) is 19.4. The zero-order chi connectivity index (χ0) is 21.4. The highest BCUT2D eigenvalue weighted by Crippen LogP contribution is 2.29. The average molecular weight is 412 g/mol. The van der Waals surface area contributed by atoms with E-state index in [0.717, 1.165) is 30.1 Å². The van der Waals surface area contributed by atoms with Crippen LogP contribution >= 0.6 is 0 Å². The van der Waals surface area contributed by atoms with E-state index in [-0.39, 0.29) is 28.3 Å². The second-order valence-corrected chi connectivity index (χ2v) is 6.52. The summed E-state index contributed by atoms with van der Waals surface area (Å²) in [5, 5.41) is 2.38. The Kier molecular flexibility index (Phi) is 4.82. The highest BCUT2D eigenvalue weighted by atomic mass is 19.3. The highest BCUT2D eigenvalue weighted by molar-refractivity contribution is 6.04. The van der Waals surface area contributed by atoms with Gasteiger partial charge in [-0.2, -0.15) is 0 Å². The summed E-state index contributed by atoms with van der Waals surface area (Å²) in [4.78, 5) is 24.5. The number of alkyl halides is 2. The molecule has 0 saturated carbocycles. The lowest BCUT2D eigenvalue weighted by atomic mass is 10.1. The number of hydrogen-bond acceptors (Lipinski definition) is 5. The van der Waals surface area contributed by atoms with E-state index in [2.05, 4.69) is 20.3 Å². The number of halogens is 3. The molecule has 4 rings (SSSR count). The largest absolute Gasteiger partial charge is 0.382 e. The number of nitrogens with one attached hydrogen (secondary N) is 1. The molecular weight excluding hydrogens is 397 g/mol. The zero-order valence-electron chi connectivity index (χ0n) is 15.6. The molecule has 0 bridgehead atoms. The van der Waals surface area contributed by atoms with Gasteiger partial charge in [0, 0.05) is 34.8 Å². The number of nitrogens with two attached hydrogens (primary N) is 1. The van der Waals surface area contributed by atoms with Gasteiger partial charge < -0.3 is 11.1 Å². The normalized spacial score (nSPS) is 11.2. The number of fused-ring (bicyclic) bond motifs is 1. The van der Waals surface area contributed by atoms with Crippen LogP contribution in [0.15, 0.2) is 49.1 Å². The molecule has 0 saturated heterocycles. The SMILES string of the molecule is Cc1cnc(N)c2c(-c3ccc(C(=O)Nc4cc(C(F)F)ccn4)cc3F)ncn12. The maximum atomic E-state index is 14.8. The lowest BCUT2D eigenvalue weighted by molar-refractivity contribution is 0.102. The molecule has 7 nitrogen and oxygen atoms in total. The second kappa shape index (κ2) is 7.47. The quantitative estimate of drug-likeness (QED) is 0.528. The number of nitrogen functional groups attached to an aromatic ring is 1. The Hall–Kier alpha value is -3.95. The molecule has 0 aliphatic carbocycles. The van der Waals surface area contributed by atoms with E-state index in [9.17, 15) is 18.0 Å². The monoisotopic (exact) mass is 412 g/mol. The topological polar surface area (TPSA) is 98.2 Å². The van der Waals surface area contributed by atoms with Gasteiger partial charge in [0.2, 0.25) is 0 Å². The number of carbonyl (C=O) groups is 1. The van der Waals surface area contributed by atoms with E-state index in [1.807, 2.05) is 6.92 Å². The Morgan fingerprint density at radius 2 is 1.97 bits per heavy atom. The lowest BCUT2D eigenvalue weighted by Gasteiger charge is -2.08. The van der Waals surface area contributed by atoms with Gasteiger partial charge in [0.15, 0.2) is 0 Å². The van der Waals surface area contributed by atoms with Crippen LogP contribution in [0, 0.1) is 12.7 Å². The molecule has 0 fully saturated rings. The third kappa shape index (κ3) is 3.43. The van der Waals surface area contributed by atoms with E-state index in [1.165, 1.54) is 18.5 Å². The number of anilines is 2. The molecule has 3 aromatic heterocycles. The first-order valence-electron chi connectivity index (χ1n) is 8.78. The van der Waals surface area contributed by atoms with Gasteiger partial charge >= 0.3 is 0 Å². The summed E-state index contributed by atoms with van der Waals surface area (Å²) in [6.07, 6.45) is 1.55. The molecule has 0 radical (unpaired) electrons. The average Bonchev–Trinajstić information content (AvgIpc) is 3.17. The molecule has 30 heavy (non-hydrogen) atoms. The molecule has 0 atom stereocenters. The summed E-state index contributed by atoms with van der Waals surface area (Å²) in [7, 11) is 0. The third-order valence-corrected chi connectivity index (χ3v) is 4.54. The number of aryl methyl sites for hydroxylation is 1. The summed E-state index contributed by atoms with van der Waals surface area (Å²) in [5.41, 5.74) is 7.31. The Labute approximate surface area is 168 Å². The van der Waals surface area contributed by atoms with Crippen LogP contribution in [0.5, 0.6) is 0 Å². The van der Waals surface area contributed by atoms with Crippen molar-refractivity contribution in [3.8, 4) is 11.3 Å². The molecule has 4 aromatic rings. The number of hydrogen-bond donors (Lipinski definition) is 2. The standard InChI is InChI=1S/C20H15F3N6O/c1-10-8-26-19(24)17-16(27-9-29(10)17)13-3-2-12(6-14(13)21)20(30)28-15-7-11(18(22)23)4-5-25-15/h2-9,18H,1H3,(H2,24,26)(H,25,28,30). The number of pyridine rings is 1. The number of nitrogens with zero attached hydrogens (tertiary/aromatic N) is 4. The summed E-state index contributed by atoms with van der Waals surface area (Å²) >= 11 is 0. The summed E-state index contributed by atoms with van der Waals surface area (Å²) in [6, 6.07) is 6.04. The molecule has 10 heteroatoms. The summed E-state index contributed by atoms with van der Waals surface area (Å²) in [5.74, 6) is -1.25. The third-order valence-electron chi connectivity index (χ3n) is 4.54. The number of aromatic nitrogens is 4. The van der Waals surface area contributed by atoms with Gasteiger partial charge in [-0.1, -0.05) is 0 Å². The van der Waals surface area contributed by atoms with Gasteiger partial charge in [0.05, 0.1) is 0 Å². The van der Waals surface area contributed by atoms with Gasteiger partial charge in [-0.3, -0.25) is 9.20 Å². The molecule has 3 N–H and O–H groups in total. The lowest BCUT2D eigenvalue weighted by Crippen LogP contribution is -2.13. The molecule has 152 valence electrons. The van der Waals surface area contributed by atoms with Crippen molar-refractivity contribution in [2.24, 2.45) is 0 Å². The zero-order valence-corrected chi connectivity index (χ0v) is 15.6. The van der Waals surface area contributed by atoms with Crippen LogP contribution in [0.25, 0.3) is 16.8 Å². The van der Waals surface area contributed by atoms with Crippen molar-refractivity contribution in [3.05, 3.63) is 71.7 Å². The van der Waals surface area contributed by atoms with E-state index < -0.39 is 18.1 Å². The molecule has 0 spiro atoms. The van der Waals surface area contributed by atoms with Crippen molar-refractivity contribution in [2.45, 2.75) is 13.3 Å². The predicted octanol–water partition coefficient (Wildman–Crippen LogP) is 4.01. The van der Waals surface area contributed by atoms with Crippen LogP contribution in [-0.2, 0) is 0 Å². The van der Waals surface area contributed by atoms with Crippen molar-refractivity contribution in [1.29, 1.82) is 0 Å². The molecule has 1 aromatic carbocycles. The smallest absolute Gasteiger partial charge is 0.264 e. The predicted molar refractivity (Wildman–Crippen MR) is 105 cm³/mol. The Morgan fingerprint density at radius 3 is 2.70 bits per heavy atom. The molecule has 3 heterocycles. The molecule has 1 amide bonds. The van der Waals surface area contributed by atoms with E-state index in [1.54, 1.807) is 10.6 Å². The Bertz CT molecular complexity index is 1270. The minimum atomic E-state index is -2.70. The first-order valence-corrected chi connectivity index (χ1v) is 8.78. The molecule has 0 unspecified atom stereocenters. The molecule has 0 aliphatic heterocycles. The van der Waals surface area contributed by atoms with Crippen molar-refractivity contribution >= 4 is 23.1 Å². The first-order chi connectivity index (χ1) is 14.3. The Balaban J connectivity index is 1.65. The number of rotatable bonds is 4. The van der Waals surface area contributed by atoms with Gasteiger partial charge in [-0.25, -0.2) is 28.1 Å². The van der Waals surface area contributed by atoms with Gasteiger partial charge in [0.25, 0.3) is 12.3 Å². The highest BCUT2D eigenvalue weighted by Gasteiger charge is 2.18. The minimum Gasteiger partial charge on any atom is -0.382 e. The molecular formula is C20H15F3N6O. The van der Waals surface area contributed by atoms with Crippen LogP contribution in [0.4, 0.5) is 24.8 Å². The van der Waals surface area contributed by atoms with Gasteiger partial charge in [0.1, 0.15) is 35.0 Å². The maximum absolute atomic E-state index is 14.8. The van der Waals surface area contributed by atoms with Crippen LogP contribution in [0.3, 0.4) is 0 Å². The van der Waals surface area contributed by atoms with Crippen molar-refractivity contribution in [2.75, 3.05) is 11.1 Å². The van der Waals surface area contributed by atoms with Crippen molar-refractivity contribution < 1.29 is 18.0 Å². The maximum Gasteiger partial charge on any atom is 0.264 e. The van der Waals surface area contributed by atoms with Crippen LogP contribution in [0.1, 0.15) is 28.0 Å². The van der Waals surface area contributed by atoms with E-state index in [4.69, 9.17) is 5.73 Å². The Morgan fingerprint density at radius 1 is 1.17 bits per heavy atom. The van der Waals surface area contributed by atoms with Gasteiger partial charge in [-0.15, -0.1) is 0 Å². The number of carbonyl (C=O) groups excluding carboxylic acids is 1. The number of benzene rings is 1. The van der Waals surface area contributed by atoms with E-state index in [0.29, 0.717) is 11.2 Å². The molecule has 0 aliphatic rings. The van der Waals surface area contributed by atoms with Gasteiger partial charge in [-0.05, 0) is 37.3 Å². The fourth-order valence-electron chi connectivity index (χ4n) is 3.03.